The number of aryl methyl sites for hydroxylation is 2. The molecular weight excluding hydrogens is 601 g/mol. The molecule has 2 aromatic heterocycles. The first-order chi connectivity index (χ1) is 24.1. The van der Waals surface area contributed by atoms with Crippen LogP contribution in [0.25, 0.3) is 78.3 Å². The van der Waals surface area contributed by atoms with Crippen molar-refractivity contribution in [3.63, 3.8) is 0 Å². The van der Waals surface area contributed by atoms with Gasteiger partial charge in [0.15, 0.2) is 5.82 Å². The van der Waals surface area contributed by atoms with Crippen LogP contribution in [-0.4, -0.2) is 19.1 Å². The fourth-order valence-electron chi connectivity index (χ4n) is 6.72. The van der Waals surface area contributed by atoms with Crippen molar-refractivity contribution in [1.82, 2.24) is 19.1 Å². The van der Waals surface area contributed by atoms with Crippen LogP contribution in [0.15, 0.2) is 163 Å². The molecule has 0 unspecified atom stereocenters. The van der Waals surface area contributed by atoms with Gasteiger partial charge in [0.05, 0.1) is 22.4 Å². The van der Waals surface area contributed by atoms with Crippen molar-refractivity contribution in [2.45, 2.75) is 13.5 Å². The summed E-state index contributed by atoms with van der Waals surface area (Å²) in [7, 11) is 1.85. The van der Waals surface area contributed by atoms with E-state index in [2.05, 4.69) is 121 Å². The minimum absolute atomic E-state index is 0.00811. The number of nitrogens with zero attached hydrogens (tertiary/aromatic N) is 4. The number of rotatable bonds is 7. The smallest absolute Gasteiger partial charge is 0.294 e. The molecule has 0 amide bonds. The van der Waals surface area contributed by atoms with Gasteiger partial charge in [-0.1, -0.05) is 146 Å². The fraction of sp³-hybridized carbons (Fsp3) is 0.0682. The third-order valence-corrected chi connectivity index (χ3v) is 9.23. The molecule has 0 radical (unpaired) electrons. The van der Waals surface area contributed by atoms with E-state index in [-0.39, 0.29) is 5.69 Å². The van der Waals surface area contributed by atoms with Gasteiger partial charge in [-0.2, -0.15) is 0 Å². The number of benzene rings is 6. The van der Waals surface area contributed by atoms with Gasteiger partial charge >= 0.3 is 5.69 Å². The summed E-state index contributed by atoms with van der Waals surface area (Å²) in [5.41, 5.74) is 13.4. The van der Waals surface area contributed by atoms with E-state index in [1.165, 1.54) is 0 Å². The second-order valence-electron chi connectivity index (χ2n) is 12.2. The van der Waals surface area contributed by atoms with Crippen molar-refractivity contribution in [2.24, 2.45) is 7.05 Å². The molecule has 8 aromatic rings. The first-order valence-electron chi connectivity index (χ1n) is 16.6. The van der Waals surface area contributed by atoms with E-state index in [0.717, 1.165) is 72.5 Å². The first-order valence-corrected chi connectivity index (χ1v) is 16.6. The molecule has 5 heteroatoms. The molecular formula is C44H34N4O. The predicted octanol–water partition coefficient (Wildman–Crippen LogP) is 10.2. The number of para-hydroxylation sites is 1. The lowest BCUT2D eigenvalue weighted by Gasteiger charge is -2.13. The van der Waals surface area contributed by atoms with Crippen molar-refractivity contribution >= 4 is 11.0 Å². The second kappa shape index (κ2) is 12.7. The zero-order valence-corrected chi connectivity index (χ0v) is 27.4. The Labute approximate surface area is 285 Å². The van der Waals surface area contributed by atoms with Crippen LogP contribution in [0.3, 0.4) is 0 Å². The normalized spacial score (nSPS) is 11.2. The molecule has 236 valence electrons. The molecule has 0 fully saturated rings. The number of imidazole rings is 1. The summed E-state index contributed by atoms with van der Waals surface area (Å²) in [4.78, 5) is 23.0. The van der Waals surface area contributed by atoms with Crippen LogP contribution < -0.4 is 5.69 Å². The van der Waals surface area contributed by atoms with Crippen LogP contribution >= 0.6 is 0 Å². The Hall–Kier alpha value is -6.33. The van der Waals surface area contributed by atoms with Crippen LogP contribution in [0.4, 0.5) is 0 Å². The van der Waals surface area contributed by atoms with Crippen molar-refractivity contribution in [1.29, 1.82) is 0 Å². The summed E-state index contributed by atoms with van der Waals surface area (Å²) >= 11 is 0. The van der Waals surface area contributed by atoms with Gasteiger partial charge in [0.2, 0.25) is 0 Å². The molecule has 0 atom stereocenters. The average Bonchev–Trinajstić information content (AvgIpc) is 3.43. The van der Waals surface area contributed by atoms with Crippen LogP contribution in [0.2, 0.25) is 0 Å². The molecule has 0 bridgehead atoms. The second-order valence-corrected chi connectivity index (χ2v) is 12.2. The monoisotopic (exact) mass is 634 g/mol. The van der Waals surface area contributed by atoms with E-state index >= 15 is 0 Å². The van der Waals surface area contributed by atoms with Crippen LogP contribution in [0, 0.1) is 0 Å². The summed E-state index contributed by atoms with van der Waals surface area (Å²) in [5, 5.41) is 0. The van der Waals surface area contributed by atoms with Crippen molar-refractivity contribution in [2.75, 3.05) is 0 Å². The molecule has 2 heterocycles. The third kappa shape index (κ3) is 5.55. The van der Waals surface area contributed by atoms with Gasteiger partial charge in [0, 0.05) is 35.8 Å². The van der Waals surface area contributed by atoms with Gasteiger partial charge in [-0.3, -0.25) is 9.13 Å². The van der Waals surface area contributed by atoms with Gasteiger partial charge in [-0.15, -0.1) is 0 Å². The van der Waals surface area contributed by atoms with Crippen molar-refractivity contribution in [3.8, 4) is 67.3 Å². The lowest BCUT2D eigenvalue weighted by Crippen LogP contribution is -2.21. The molecule has 0 spiro atoms. The summed E-state index contributed by atoms with van der Waals surface area (Å²) in [6, 6.07) is 54.4. The molecule has 8 rings (SSSR count). The highest BCUT2D eigenvalue weighted by atomic mass is 16.1. The molecule has 0 saturated heterocycles. The maximum absolute atomic E-state index is 12.8. The van der Waals surface area contributed by atoms with Crippen LogP contribution in [0.5, 0.6) is 0 Å². The van der Waals surface area contributed by atoms with E-state index in [1.54, 1.807) is 4.57 Å². The number of hydrogen-bond acceptors (Lipinski definition) is 3. The Morgan fingerprint density at radius 1 is 0.490 bits per heavy atom. The van der Waals surface area contributed by atoms with Crippen LogP contribution in [0.1, 0.15) is 6.92 Å². The molecule has 0 N–H and O–H groups in total. The van der Waals surface area contributed by atoms with E-state index in [9.17, 15) is 4.79 Å². The maximum atomic E-state index is 12.8. The summed E-state index contributed by atoms with van der Waals surface area (Å²) < 4.78 is 3.57. The SMILES string of the molecule is CCn1c(=O)n(C)c2c(-c3ccc(-c4ccc(-c5cc(-c6ccccc6-c6ccccc6)nc(-c6ccccc6)n5)cc4)cc3)cccc21. The maximum Gasteiger partial charge on any atom is 0.328 e. The van der Waals surface area contributed by atoms with E-state index in [0.29, 0.717) is 12.4 Å². The Balaban J connectivity index is 1.16. The Morgan fingerprint density at radius 2 is 1.00 bits per heavy atom. The summed E-state index contributed by atoms with van der Waals surface area (Å²) in [6.45, 7) is 2.64. The summed E-state index contributed by atoms with van der Waals surface area (Å²) in [5.74, 6) is 0.692. The largest absolute Gasteiger partial charge is 0.328 e. The zero-order valence-electron chi connectivity index (χ0n) is 27.4. The zero-order chi connectivity index (χ0) is 33.3. The number of aromatic nitrogens is 4. The molecule has 49 heavy (non-hydrogen) atoms. The standard InChI is InChI=1S/C44H34N4O/c1-3-48-41-20-12-19-37(42(41)47(2)44(48)49)33-25-21-30(22-26-33)31-23-27-34(28-24-31)39-29-40(46-43(45-39)35-15-8-5-9-16-35)38-18-11-10-17-36(38)32-13-6-4-7-14-32/h4-29H,3H2,1-2H3. The highest BCUT2D eigenvalue weighted by molar-refractivity contribution is 5.93. The topological polar surface area (TPSA) is 52.7 Å². The van der Waals surface area contributed by atoms with E-state index in [4.69, 9.17) is 9.97 Å². The van der Waals surface area contributed by atoms with Crippen molar-refractivity contribution < 1.29 is 0 Å². The number of hydrogen-bond donors (Lipinski definition) is 0. The van der Waals surface area contributed by atoms with Gasteiger partial charge in [0.1, 0.15) is 0 Å². The quantitative estimate of drug-likeness (QED) is 0.175. The lowest BCUT2D eigenvalue weighted by molar-refractivity contribution is 0.712. The van der Waals surface area contributed by atoms with E-state index in [1.807, 2.05) is 54.9 Å². The molecule has 0 aliphatic heterocycles. The average molecular weight is 635 g/mol. The Kier molecular flexibility index (Phi) is 7.78. The first kappa shape index (κ1) is 30.0. The highest BCUT2D eigenvalue weighted by Gasteiger charge is 2.16. The van der Waals surface area contributed by atoms with Gasteiger partial charge < -0.3 is 0 Å². The number of fused-ring (bicyclic) bond motifs is 1. The molecule has 0 aliphatic rings. The van der Waals surface area contributed by atoms with Gasteiger partial charge in [0.25, 0.3) is 0 Å². The molecule has 0 aliphatic carbocycles. The molecule has 0 saturated carbocycles. The lowest BCUT2D eigenvalue weighted by atomic mass is 9.96. The predicted molar refractivity (Wildman–Crippen MR) is 201 cm³/mol. The Bertz CT molecular complexity index is 2480. The molecule has 5 nitrogen and oxygen atoms in total. The minimum Gasteiger partial charge on any atom is -0.294 e. The summed E-state index contributed by atoms with van der Waals surface area (Å²) in [6.07, 6.45) is 0. The van der Waals surface area contributed by atoms with Gasteiger partial charge in [-0.25, -0.2) is 14.8 Å². The third-order valence-electron chi connectivity index (χ3n) is 9.23. The molecule has 6 aromatic carbocycles. The highest BCUT2D eigenvalue weighted by Crippen LogP contribution is 2.35. The Morgan fingerprint density at radius 3 is 1.65 bits per heavy atom. The van der Waals surface area contributed by atoms with Crippen LogP contribution in [-0.2, 0) is 13.6 Å². The van der Waals surface area contributed by atoms with E-state index < -0.39 is 0 Å². The fourth-order valence-corrected chi connectivity index (χ4v) is 6.72. The minimum atomic E-state index is 0.00811. The van der Waals surface area contributed by atoms with Gasteiger partial charge in [-0.05, 0) is 46.9 Å². The van der Waals surface area contributed by atoms with Crippen molar-refractivity contribution in [3.05, 3.63) is 168 Å².